The van der Waals surface area contributed by atoms with Gasteiger partial charge in [-0.15, -0.1) is 0 Å². The Morgan fingerprint density at radius 1 is 1.19 bits per heavy atom. The molecule has 2 aromatic rings. The van der Waals surface area contributed by atoms with E-state index in [1.165, 1.54) is 18.2 Å². The Balaban J connectivity index is 1.53. The van der Waals surface area contributed by atoms with Crippen LogP contribution in [0.5, 0.6) is 6.01 Å². The Kier molecular flexibility index (Phi) is 5.35. The molecule has 136 valence electrons. The van der Waals surface area contributed by atoms with Crippen LogP contribution in [-0.4, -0.2) is 32.9 Å². The average molecular weight is 360 g/mol. The van der Waals surface area contributed by atoms with E-state index in [0.717, 1.165) is 12.4 Å². The van der Waals surface area contributed by atoms with E-state index in [9.17, 15) is 19.3 Å². The molecule has 1 heterocycles. The number of nitro benzene ring substituents is 1. The van der Waals surface area contributed by atoms with E-state index in [1.807, 2.05) is 0 Å². The molecule has 1 aliphatic carbocycles. The summed E-state index contributed by atoms with van der Waals surface area (Å²) in [6, 6.07) is 5.90. The summed E-state index contributed by atoms with van der Waals surface area (Å²) < 4.78 is 18.4. The van der Waals surface area contributed by atoms with E-state index in [2.05, 4.69) is 15.3 Å². The molecule has 1 fully saturated rings. The lowest BCUT2D eigenvalue weighted by atomic mass is 9.92. The molecule has 8 nitrogen and oxygen atoms in total. The molecular formula is C17H17FN4O4. The first-order chi connectivity index (χ1) is 12.5. The van der Waals surface area contributed by atoms with Gasteiger partial charge in [-0.05, 0) is 31.7 Å². The number of nitrogens with zero attached hydrogens (tertiary/aromatic N) is 3. The molecule has 0 bridgehead atoms. The van der Waals surface area contributed by atoms with Crippen LogP contribution in [-0.2, 0) is 0 Å². The first kappa shape index (κ1) is 17.7. The Bertz CT molecular complexity index is 792. The van der Waals surface area contributed by atoms with Gasteiger partial charge in [0.15, 0.2) is 5.82 Å². The van der Waals surface area contributed by atoms with Crippen LogP contribution in [0.3, 0.4) is 0 Å². The van der Waals surface area contributed by atoms with Gasteiger partial charge < -0.3 is 10.1 Å². The first-order valence-electron chi connectivity index (χ1n) is 8.21. The minimum atomic E-state index is -0.567. The van der Waals surface area contributed by atoms with Crippen molar-refractivity contribution in [1.29, 1.82) is 0 Å². The molecule has 3 rings (SSSR count). The molecule has 0 radical (unpaired) electrons. The van der Waals surface area contributed by atoms with Gasteiger partial charge in [0.25, 0.3) is 11.6 Å². The van der Waals surface area contributed by atoms with Crippen molar-refractivity contribution in [1.82, 2.24) is 15.3 Å². The predicted molar refractivity (Wildman–Crippen MR) is 89.2 cm³/mol. The van der Waals surface area contributed by atoms with Crippen LogP contribution < -0.4 is 10.1 Å². The van der Waals surface area contributed by atoms with Crippen LogP contribution in [0, 0.1) is 15.9 Å². The third kappa shape index (κ3) is 4.29. The number of ether oxygens (including phenoxy) is 1. The summed E-state index contributed by atoms with van der Waals surface area (Å²) >= 11 is 0. The number of benzene rings is 1. The summed E-state index contributed by atoms with van der Waals surface area (Å²) in [7, 11) is 0. The van der Waals surface area contributed by atoms with Crippen molar-refractivity contribution in [2.75, 3.05) is 0 Å². The molecule has 1 aliphatic rings. The van der Waals surface area contributed by atoms with Crippen molar-refractivity contribution >= 4 is 11.6 Å². The zero-order valence-electron chi connectivity index (χ0n) is 13.8. The molecule has 0 unspecified atom stereocenters. The van der Waals surface area contributed by atoms with Crippen LogP contribution in [0.2, 0.25) is 0 Å². The molecule has 1 saturated carbocycles. The minimum Gasteiger partial charge on any atom is -0.460 e. The van der Waals surface area contributed by atoms with Crippen molar-refractivity contribution < 1.29 is 18.8 Å². The van der Waals surface area contributed by atoms with Gasteiger partial charge in [0, 0.05) is 12.1 Å². The number of para-hydroxylation sites is 1. The summed E-state index contributed by atoms with van der Waals surface area (Å²) in [4.78, 5) is 30.3. The zero-order valence-corrected chi connectivity index (χ0v) is 13.8. The quantitative estimate of drug-likeness (QED) is 0.649. The van der Waals surface area contributed by atoms with Crippen LogP contribution in [0.4, 0.5) is 10.1 Å². The second kappa shape index (κ2) is 7.85. The normalized spacial score (nSPS) is 19.6. The highest BCUT2D eigenvalue weighted by molar-refractivity contribution is 5.98. The van der Waals surface area contributed by atoms with Crippen molar-refractivity contribution in [3.63, 3.8) is 0 Å². The first-order valence-corrected chi connectivity index (χ1v) is 8.21. The number of amides is 1. The molecule has 0 aliphatic heterocycles. The van der Waals surface area contributed by atoms with Crippen molar-refractivity contribution in [3.8, 4) is 6.01 Å². The fraction of sp³-hybridized carbons (Fsp3) is 0.353. The van der Waals surface area contributed by atoms with Gasteiger partial charge in [-0.2, -0.15) is 0 Å². The standard InChI is InChI=1S/C17H17FN4O4/c18-11-9-19-17(20-10-11)26-13-7-5-12(6-8-13)21-16(23)14-3-1-2-4-15(14)22(24)25/h1-4,9-10,12-13H,5-8H2,(H,21,23). The van der Waals surface area contributed by atoms with Crippen LogP contribution in [0.25, 0.3) is 0 Å². The van der Waals surface area contributed by atoms with Gasteiger partial charge in [0.05, 0.1) is 17.3 Å². The van der Waals surface area contributed by atoms with Gasteiger partial charge in [0.1, 0.15) is 11.7 Å². The molecule has 1 aromatic heterocycles. The average Bonchev–Trinajstić information content (AvgIpc) is 2.65. The molecule has 1 amide bonds. The lowest BCUT2D eigenvalue weighted by Crippen LogP contribution is -2.40. The number of hydrogen-bond donors (Lipinski definition) is 1. The Hall–Kier alpha value is -3.10. The highest BCUT2D eigenvalue weighted by Gasteiger charge is 2.26. The van der Waals surface area contributed by atoms with E-state index < -0.39 is 16.6 Å². The highest BCUT2D eigenvalue weighted by atomic mass is 19.1. The van der Waals surface area contributed by atoms with Gasteiger partial charge in [0.2, 0.25) is 0 Å². The summed E-state index contributed by atoms with van der Waals surface area (Å²) in [5.74, 6) is -0.984. The van der Waals surface area contributed by atoms with Gasteiger partial charge in [-0.3, -0.25) is 14.9 Å². The molecule has 1 aromatic carbocycles. The summed E-state index contributed by atoms with van der Waals surface area (Å²) in [5, 5.41) is 13.9. The number of halogens is 1. The topological polar surface area (TPSA) is 107 Å². The maximum Gasteiger partial charge on any atom is 0.316 e. The molecular weight excluding hydrogens is 343 g/mol. The maximum atomic E-state index is 12.8. The summed E-state index contributed by atoms with van der Waals surface area (Å²) in [6.07, 6.45) is 4.64. The molecule has 0 saturated heterocycles. The SMILES string of the molecule is O=C(NC1CCC(Oc2ncc(F)cn2)CC1)c1ccccc1[N+](=O)[O-]. The molecule has 1 N–H and O–H groups in total. The van der Waals surface area contributed by atoms with Crippen LogP contribution in [0.15, 0.2) is 36.7 Å². The van der Waals surface area contributed by atoms with Crippen molar-refractivity contribution in [2.24, 2.45) is 0 Å². The van der Waals surface area contributed by atoms with Crippen molar-refractivity contribution in [2.45, 2.75) is 37.8 Å². The number of nitro groups is 1. The second-order valence-electron chi connectivity index (χ2n) is 6.02. The molecule has 26 heavy (non-hydrogen) atoms. The summed E-state index contributed by atoms with van der Waals surface area (Å²) in [5.41, 5.74) is -0.161. The van der Waals surface area contributed by atoms with E-state index in [0.29, 0.717) is 25.7 Å². The van der Waals surface area contributed by atoms with Gasteiger partial charge in [-0.1, -0.05) is 12.1 Å². The van der Waals surface area contributed by atoms with E-state index >= 15 is 0 Å². The Labute approximate surface area is 148 Å². The molecule has 0 atom stereocenters. The van der Waals surface area contributed by atoms with Crippen molar-refractivity contribution in [3.05, 3.63) is 58.2 Å². The number of nitrogens with one attached hydrogen (secondary N) is 1. The maximum absolute atomic E-state index is 12.8. The zero-order chi connectivity index (χ0) is 18.5. The predicted octanol–water partition coefficient (Wildman–Crippen LogP) is 2.64. The third-order valence-corrected chi connectivity index (χ3v) is 4.22. The lowest BCUT2D eigenvalue weighted by molar-refractivity contribution is -0.385. The van der Waals surface area contributed by atoms with Gasteiger partial charge in [-0.25, -0.2) is 14.4 Å². The number of rotatable bonds is 5. The molecule has 0 spiro atoms. The van der Waals surface area contributed by atoms with Gasteiger partial charge >= 0.3 is 6.01 Å². The number of hydrogen-bond acceptors (Lipinski definition) is 6. The molecule has 9 heteroatoms. The largest absolute Gasteiger partial charge is 0.460 e. The second-order valence-corrected chi connectivity index (χ2v) is 6.02. The minimum absolute atomic E-state index is 0.0515. The fourth-order valence-electron chi connectivity index (χ4n) is 2.92. The number of aromatic nitrogens is 2. The monoisotopic (exact) mass is 360 g/mol. The third-order valence-electron chi connectivity index (χ3n) is 4.22. The highest BCUT2D eigenvalue weighted by Crippen LogP contribution is 2.23. The van der Waals surface area contributed by atoms with E-state index in [-0.39, 0.29) is 29.4 Å². The Morgan fingerprint density at radius 2 is 1.85 bits per heavy atom. The number of carbonyl (C=O) groups excluding carboxylic acids is 1. The lowest BCUT2D eigenvalue weighted by Gasteiger charge is -2.28. The van der Waals surface area contributed by atoms with E-state index in [4.69, 9.17) is 4.74 Å². The van der Waals surface area contributed by atoms with Crippen LogP contribution >= 0.6 is 0 Å². The number of carbonyl (C=O) groups is 1. The fourth-order valence-corrected chi connectivity index (χ4v) is 2.92. The smallest absolute Gasteiger partial charge is 0.316 e. The van der Waals surface area contributed by atoms with Crippen LogP contribution in [0.1, 0.15) is 36.0 Å². The summed E-state index contributed by atoms with van der Waals surface area (Å²) in [6.45, 7) is 0. The Morgan fingerprint density at radius 3 is 2.50 bits per heavy atom. The van der Waals surface area contributed by atoms with E-state index in [1.54, 1.807) is 6.07 Å².